The standard InChI is InChI=1S/C19H23N5O/c25-19(18-16-11-20-14-22-17(16)12-21-18)24-8-4-7-23(9-10-24)13-15-5-2-1-3-6-15/h1-3,5-6,11,14,18,21H,4,7-10,12-13H2. The topological polar surface area (TPSA) is 61.4 Å². The van der Waals surface area contributed by atoms with Crippen LogP contribution in [0.4, 0.5) is 0 Å². The van der Waals surface area contributed by atoms with Crippen molar-refractivity contribution >= 4 is 5.91 Å². The molecule has 0 bridgehead atoms. The summed E-state index contributed by atoms with van der Waals surface area (Å²) in [5, 5.41) is 3.28. The summed E-state index contributed by atoms with van der Waals surface area (Å²) >= 11 is 0. The van der Waals surface area contributed by atoms with Gasteiger partial charge in [-0.25, -0.2) is 9.97 Å². The molecule has 0 spiro atoms. The van der Waals surface area contributed by atoms with Crippen LogP contribution in [0.1, 0.15) is 29.3 Å². The van der Waals surface area contributed by atoms with Gasteiger partial charge in [0.2, 0.25) is 5.91 Å². The third-order valence-corrected chi connectivity index (χ3v) is 5.01. The van der Waals surface area contributed by atoms with Gasteiger partial charge in [-0.1, -0.05) is 30.3 Å². The second-order valence-electron chi connectivity index (χ2n) is 6.68. The Morgan fingerprint density at radius 1 is 1.16 bits per heavy atom. The van der Waals surface area contributed by atoms with Gasteiger partial charge in [0.15, 0.2) is 0 Å². The van der Waals surface area contributed by atoms with E-state index < -0.39 is 0 Å². The Morgan fingerprint density at radius 2 is 2.04 bits per heavy atom. The number of rotatable bonds is 3. The quantitative estimate of drug-likeness (QED) is 0.916. The molecule has 2 aliphatic heterocycles. The summed E-state index contributed by atoms with van der Waals surface area (Å²) in [5.74, 6) is 0.148. The van der Waals surface area contributed by atoms with E-state index in [1.807, 2.05) is 11.0 Å². The molecule has 1 aromatic carbocycles. The van der Waals surface area contributed by atoms with E-state index in [1.54, 1.807) is 12.5 Å². The third-order valence-electron chi connectivity index (χ3n) is 5.01. The van der Waals surface area contributed by atoms with Crippen molar-refractivity contribution in [3.63, 3.8) is 0 Å². The zero-order valence-corrected chi connectivity index (χ0v) is 14.3. The Hall–Kier alpha value is -2.31. The molecule has 25 heavy (non-hydrogen) atoms. The molecule has 1 N–H and O–H groups in total. The van der Waals surface area contributed by atoms with Crippen LogP contribution in [-0.4, -0.2) is 51.9 Å². The fraction of sp³-hybridized carbons (Fsp3) is 0.421. The van der Waals surface area contributed by atoms with Crippen LogP contribution in [0.2, 0.25) is 0 Å². The second kappa shape index (κ2) is 7.29. The average Bonchev–Trinajstić information content (AvgIpc) is 2.95. The van der Waals surface area contributed by atoms with Crippen molar-refractivity contribution in [2.75, 3.05) is 26.2 Å². The Morgan fingerprint density at radius 3 is 2.92 bits per heavy atom. The van der Waals surface area contributed by atoms with Crippen molar-refractivity contribution in [2.24, 2.45) is 0 Å². The molecule has 2 aromatic rings. The van der Waals surface area contributed by atoms with Gasteiger partial charge >= 0.3 is 0 Å². The molecule has 1 amide bonds. The summed E-state index contributed by atoms with van der Waals surface area (Å²) in [7, 11) is 0. The molecule has 130 valence electrons. The minimum absolute atomic E-state index is 0.148. The Balaban J connectivity index is 1.39. The summed E-state index contributed by atoms with van der Waals surface area (Å²) in [4.78, 5) is 25.7. The van der Waals surface area contributed by atoms with Crippen molar-refractivity contribution in [1.29, 1.82) is 0 Å². The van der Waals surface area contributed by atoms with E-state index in [2.05, 4.69) is 44.5 Å². The fourth-order valence-corrected chi connectivity index (χ4v) is 3.66. The summed E-state index contributed by atoms with van der Waals surface area (Å²) in [6, 6.07) is 10.2. The van der Waals surface area contributed by atoms with Gasteiger partial charge < -0.3 is 4.90 Å². The van der Waals surface area contributed by atoms with Crippen molar-refractivity contribution in [2.45, 2.75) is 25.6 Å². The highest BCUT2D eigenvalue weighted by atomic mass is 16.2. The molecule has 1 aromatic heterocycles. The molecule has 3 heterocycles. The van der Waals surface area contributed by atoms with E-state index in [9.17, 15) is 4.79 Å². The zero-order chi connectivity index (χ0) is 17.1. The van der Waals surface area contributed by atoms with Gasteiger partial charge in [-0.05, 0) is 12.0 Å². The maximum Gasteiger partial charge on any atom is 0.244 e. The molecule has 0 saturated carbocycles. The number of nitrogens with one attached hydrogen (secondary N) is 1. The van der Waals surface area contributed by atoms with Crippen molar-refractivity contribution in [3.05, 3.63) is 59.7 Å². The highest BCUT2D eigenvalue weighted by Gasteiger charge is 2.33. The zero-order valence-electron chi connectivity index (χ0n) is 14.3. The summed E-state index contributed by atoms with van der Waals surface area (Å²) in [5.41, 5.74) is 3.19. The fourth-order valence-electron chi connectivity index (χ4n) is 3.66. The van der Waals surface area contributed by atoms with Crippen LogP contribution in [0, 0.1) is 0 Å². The first kappa shape index (κ1) is 16.2. The number of hydrogen-bond acceptors (Lipinski definition) is 5. The summed E-state index contributed by atoms with van der Waals surface area (Å²) in [6.07, 6.45) is 4.31. The molecule has 2 aliphatic rings. The smallest absolute Gasteiger partial charge is 0.244 e. The lowest BCUT2D eigenvalue weighted by Crippen LogP contribution is -2.40. The number of carbonyl (C=O) groups excluding carboxylic acids is 1. The van der Waals surface area contributed by atoms with Gasteiger partial charge in [0, 0.05) is 51.0 Å². The Kier molecular flexibility index (Phi) is 4.72. The predicted octanol–water partition coefficient (Wildman–Crippen LogP) is 1.36. The number of amides is 1. The second-order valence-corrected chi connectivity index (χ2v) is 6.68. The Labute approximate surface area is 147 Å². The molecule has 1 saturated heterocycles. The normalized spacial score (nSPS) is 21.0. The van der Waals surface area contributed by atoms with Gasteiger partial charge in [0.05, 0.1) is 5.69 Å². The SMILES string of the molecule is O=C(C1NCc2ncncc21)N1CCCN(Cc2ccccc2)CC1. The lowest BCUT2D eigenvalue weighted by Gasteiger charge is -2.25. The highest BCUT2D eigenvalue weighted by molar-refractivity contribution is 5.84. The van der Waals surface area contributed by atoms with Crippen LogP contribution >= 0.6 is 0 Å². The minimum Gasteiger partial charge on any atom is -0.340 e. The van der Waals surface area contributed by atoms with E-state index in [0.29, 0.717) is 6.54 Å². The highest BCUT2D eigenvalue weighted by Crippen LogP contribution is 2.24. The van der Waals surface area contributed by atoms with Crippen LogP contribution in [-0.2, 0) is 17.9 Å². The third kappa shape index (κ3) is 3.55. The lowest BCUT2D eigenvalue weighted by atomic mass is 10.1. The predicted molar refractivity (Wildman–Crippen MR) is 94.5 cm³/mol. The number of carbonyl (C=O) groups is 1. The Bertz CT molecular complexity index is 736. The van der Waals surface area contributed by atoms with Gasteiger partial charge in [0.1, 0.15) is 12.4 Å². The molecule has 0 radical (unpaired) electrons. The summed E-state index contributed by atoms with van der Waals surface area (Å²) in [6.45, 7) is 5.10. The average molecular weight is 337 g/mol. The maximum absolute atomic E-state index is 13.0. The molecule has 1 unspecified atom stereocenters. The molecule has 6 nitrogen and oxygen atoms in total. The first-order valence-electron chi connectivity index (χ1n) is 8.88. The van der Waals surface area contributed by atoms with E-state index >= 15 is 0 Å². The van der Waals surface area contributed by atoms with Crippen molar-refractivity contribution < 1.29 is 4.79 Å². The van der Waals surface area contributed by atoms with E-state index in [0.717, 1.165) is 50.4 Å². The largest absolute Gasteiger partial charge is 0.340 e. The van der Waals surface area contributed by atoms with Gasteiger partial charge in [-0.3, -0.25) is 15.0 Å². The number of benzene rings is 1. The number of hydrogen-bond donors (Lipinski definition) is 1. The maximum atomic E-state index is 13.0. The molecule has 6 heteroatoms. The molecular formula is C19H23N5O. The molecular weight excluding hydrogens is 314 g/mol. The van der Waals surface area contributed by atoms with Crippen LogP contribution in [0.25, 0.3) is 0 Å². The van der Waals surface area contributed by atoms with E-state index in [4.69, 9.17) is 0 Å². The van der Waals surface area contributed by atoms with Crippen molar-refractivity contribution in [3.8, 4) is 0 Å². The summed E-state index contributed by atoms with van der Waals surface area (Å²) < 4.78 is 0. The lowest BCUT2D eigenvalue weighted by molar-refractivity contribution is -0.133. The molecule has 1 atom stereocenters. The minimum atomic E-state index is -0.295. The number of nitrogens with zero attached hydrogens (tertiary/aromatic N) is 4. The first-order valence-corrected chi connectivity index (χ1v) is 8.88. The van der Waals surface area contributed by atoms with Crippen LogP contribution in [0.5, 0.6) is 0 Å². The van der Waals surface area contributed by atoms with Gasteiger partial charge in [0.25, 0.3) is 0 Å². The van der Waals surface area contributed by atoms with Crippen LogP contribution in [0.15, 0.2) is 42.9 Å². The molecule has 4 rings (SSSR count). The molecule has 0 aliphatic carbocycles. The monoisotopic (exact) mass is 337 g/mol. The van der Waals surface area contributed by atoms with E-state index in [-0.39, 0.29) is 11.9 Å². The van der Waals surface area contributed by atoms with Crippen LogP contribution in [0.3, 0.4) is 0 Å². The number of fused-ring (bicyclic) bond motifs is 1. The van der Waals surface area contributed by atoms with Crippen LogP contribution < -0.4 is 5.32 Å². The van der Waals surface area contributed by atoms with Gasteiger partial charge in [-0.15, -0.1) is 0 Å². The number of aromatic nitrogens is 2. The first-order chi connectivity index (χ1) is 12.3. The molecule has 1 fully saturated rings. The van der Waals surface area contributed by atoms with E-state index in [1.165, 1.54) is 5.56 Å². The van der Waals surface area contributed by atoms with Gasteiger partial charge in [-0.2, -0.15) is 0 Å². The van der Waals surface area contributed by atoms with Crippen molar-refractivity contribution in [1.82, 2.24) is 25.1 Å².